The van der Waals surface area contributed by atoms with E-state index in [9.17, 15) is 4.79 Å². The van der Waals surface area contributed by atoms with Crippen LogP contribution in [0.15, 0.2) is 24.3 Å². The molecule has 19 heavy (non-hydrogen) atoms. The fourth-order valence-electron chi connectivity index (χ4n) is 1.96. The Hall–Kier alpha value is -1.35. The molecule has 0 radical (unpaired) electrons. The van der Waals surface area contributed by atoms with Gasteiger partial charge in [0.25, 0.3) is 0 Å². The second-order valence-electron chi connectivity index (χ2n) is 4.81. The number of nitrogens with two attached hydrogens (primary N) is 1. The number of hydrogen-bond acceptors (Lipinski definition) is 3. The van der Waals surface area contributed by atoms with Gasteiger partial charge in [-0.3, -0.25) is 0 Å². The van der Waals surface area contributed by atoms with Crippen LogP contribution in [0.3, 0.4) is 0 Å². The minimum absolute atomic E-state index is 0.246. The number of carbonyl (C=O) groups is 1. The molecular formula is C16H25NO2. The van der Waals surface area contributed by atoms with Crippen molar-refractivity contribution in [2.24, 2.45) is 5.73 Å². The molecule has 1 aromatic rings. The number of hydrogen-bond donors (Lipinski definition) is 1. The Bertz CT molecular complexity index is 377. The van der Waals surface area contributed by atoms with Crippen LogP contribution in [0, 0.1) is 0 Å². The number of rotatable bonds is 9. The van der Waals surface area contributed by atoms with E-state index in [4.69, 9.17) is 10.5 Å². The van der Waals surface area contributed by atoms with Gasteiger partial charge in [0, 0.05) is 6.54 Å². The summed E-state index contributed by atoms with van der Waals surface area (Å²) in [5.41, 5.74) is 7.09. The molecule has 106 valence electrons. The second-order valence-corrected chi connectivity index (χ2v) is 4.81. The smallest absolute Gasteiger partial charge is 0.338 e. The molecule has 1 rings (SSSR count). The van der Waals surface area contributed by atoms with E-state index >= 15 is 0 Å². The first kappa shape index (κ1) is 15.7. The molecule has 0 saturated carbocycles. The summed E-state index contributed by atoms with van der Waals surface area (Å²) in [6.45, 7) is 3.16. The molecule has 0 spiro atoms. The van der Waals surface area contributed by atoms with Gasteiger partial charge in [-0.25, -0.2) is 4.79 Å². The predicted octanol–water partition coefficient (Wildman–Crippen LogP) is 3.66. The van der Waals surface area contributed by atoms with E-state index in [1.54, 1.807) is 12.1 Å². The van der Waals surface area contributed by atoms with Crippen molar-refractivity contribution in [3.8, 4) is 0 Å². The number of carbonyl (C=O) groups excluding carboxylic acids is 1. The van der Waals surface area contributed by atoms with Gasteiger partial charge in [0.15, 0.2) is 0 Å². The molecule has 0 atom stereocenters. The zero-order valence-corrected chi connectivity index (χ0v) is 11.9. The van der Waals surface area contributed by atoms with E-state index in [-0.39, 0.29) is 5.97 Å². The Labute approximate surface area is 116 Å². The standard InChI is InChI=1S/C16H25NO2/c1-2-3-4-5-6-7-11-19-16(18)15-10-8-9-14(12-15)13-17/h8-10,12H,2-7,11,13,17H2,1H3. The molecule has 0 unspecified atom stereocenters. The van der Waals surface area contributed by atoms with Crippen LogP contribution in [-0.2, 0) is 11.3 Å². The van der Waals surface area contributed by atoms with Crippen molar-refractivity contribution in [3.05, 3.63) is 35.4 Å². The lowest BCUT2D eigenvalue weighted by molar-refractivity contribution is 0.0497. The zero-order chi connectivity index (χ0) is 13.9. The molecule has 0 aliphatic carbocycles. The zero-order valence-electron chi connectivity index (χ0n) is 11.9. The highest BCUT2D eigenvalue weighted by molar-refractivity contribution is 5.89. The lowest BCUT2D eigenvalue weighted by Crippen LogP contribution is -2.07. The fraction of sp³-hybridized carbons (Fsp3) is 0.562. The monoisotopic (exact) mass is 263 g/mol. The summed E-state index contributed by atoms with van der Waals surface area (Å²) in [5.74, 6) is -0.246. The van der Waals surface area contributed by atoms with Crippen LogP contribution < -0.4 is 5.73 Å². The summed E-state index contributed by atoms with van der Waals surface area (Å²) < 4.78 is 5.25. The Kier molecular flexibility index (Phi) is 7.91. The summed E-state index contributed by atoms with van der Waals surface area (Å²) >= 11 is 0. The number of ether oxygens (including phenoxy) is 1. The lowest BCUT2D eigenvalue weighted by Gasteiger charge is -2.06. The number of benzene rings is 1. The number of esters is 1. The Morgan fingerprint density at radius 1 is 1.16 bits per heavy atom. The number of unbranched alkanes of at least 4 members (excludes halogenated alkanes) is 5. The average molecular weight is 263 g/mol. The van der Waals surface area contributed by atoms with Gasteiger partial charge in [0.05, 0.1) is 12.2 Å². The van der Waals surface area contributed by atoms with Crippen LogP contribution in [0.4, 0.5) is 0 Å². The van der Waals surface area contributed by atoms with Gasteiger partial charge < -0.3 is 10.5 Å². The molecule has 1 aromatic carbocycles. The average Bonchev–Trinajstić information content (AvgIpc) is 2.46. The Morgan fingerprint density at radius 3 is 2.63 bits per heavy atom. The summed E-state index contributed by atoms with van der Waals surface area (Å²) in [6.07, 6.45) is 7.15. The van der Waals surface area contributed by atoms with E-state index in [2.05, 4.69) is 6.92 Å². The third kappa shape index (κ3) is 6.39. The highest BCUT2D eigenvalue weighted by Crippen LogP contribution is 2.08. The van der Waals surface area contributed by atoms with Crippen LogP contribution in [-0.4, -0.2) is 12.6 Å². The van der Waals surface area contributed by atoms with Gasteiger partial charge in [-0.2, -0.15) is 0 Å². The first-order valence-electron chi connectivity index (χ1n) is 7.24. The molecule has 0 saturated heterocycles. The van der Waals surface area contributed by atoms with Crippen molar-refractivity contribution in [1.29, 1.82) is 0 Å². The molecule has 0 aliphatic rings. The Balaban J connectivity index is 2.20. The van der Waals surface area contributed by atoms with E-state index in [0.29, 0.717) is 18.7 Å². The predicted molar refractivity (Wildman–Crippen MR) is 78.0 cm³/mol. The summed E-state index contributed by atoms with van der Waals surface area (Å²) in [5, 5.41) is 0. The Morgan fingerprint density at radius 2 is 1.89 bits per heavy atom. The van der Waals surface area contributed by atoms with Gasteiger partial charge in [-0.05, 0) is 24.1 Å². The SMILES string of the molecule is CCCCCCCCOC(=O)c1cccc(CN)c1. The molecule has 3 nitrogen and oxygen atoms in total. The van der Waals surface area contributed by atoms with Crippen molar-refractivity contribution in [2.75, 3.05) is 6.61 Å². The van der Waals surface area contributed by atoms with E-state index < -0.39 is 0 Å². The molecule has 0 bridgehead atoms. The molecule has 0 amide bonds. The normalized spacial score (nSPS) is 10.4. The molecule has 0 fully saturated rings. The maximum absolute atomic E-state index is 11.8. The first-order valence-corrected chi connectivity index (χ1v) is 7.24. The van der Waals surface area contributed by atoms with E-state index in [0.717, 1.165) is 18.4 Å². The van der Waals surface area contributed by atoms with E-state index in [1.165, 1.54) is 25.7 Å². The topological polar surface area (TPSA) is 52.3 Å². The summed E-state index contributed by atoms with van der Waals surface area (Å²) in [7, 11) is 0. The lowest BCUT2D eigenvalue weighted by atomic mass is 10.1. The van der Waals surface area contributed by atoms with Crippen molar-refractivity contribution in [3.63, 3.8) is 0 Å². The third-order valence-corrected chi connectivity index (χ3v) is 3.13. The quantitative estimate of drug-likeness (QED) is 0.546. The van der Waals surface area contributed by atoms with Crippen LogP contribution in [0.25, 0.3) is 0 Å². The third-order valence-electron chi connectivity index (χ3n) is 3.13. The van der Waals surface area contributed by atoms with Crippen LogP contribution in [0.1, 0.15) is 61.4 Å². The van der Waals surface area contributed by atoms with Crippen LogP contribution in [0.5, 0.6) is 0 Å². The molecule has 2 N–H and O–H groups in total. The fourth-order valence-corrected chi connectivity index (χ4v) is 1.96. The van der Waals surface area contributed by atoms with Gasteiger partial charge in [0.2, 0.25) is 0 Å². The summed E-state index contributed by atoms with van der Waals surface area (Å²) in [6, 6.07) is 7.31. The largest absolute Gasteiger partial charge is 0.462 e. The van der Waals surface area contributed by atoms with E-state index in [1.807, 2.05) is 12.1 Å². The first-order chi connectivity index (χ1) is 9.27. The van der Waals surface area contributed by atoms with Crippen molar-refractivity contribution in [1.82, 2.24) is 0 Å². The van der Waals surface area contributed by atoms with Gasteiger partial charge in [-0.1, -0.05) is 51.2 Å². The maximum Gasteiger partial charge on any atom is 0.338 e. The minimum Gasteiger partial charge on any atom is -0.462 e. The minimum atomic E-state index is -0.246. The van der Waals surface area contributed by atoms with Crippen LogP contribution in [0.2, 0.25) is 0 Å². The summed E-state index contributed by atoms with van der Waals surface area (Å²) in [4.78, 5) is 11.8. The maximum atomic E-state index is 11.8. The van der Waals surface area contributed by atoms with Crippen molar-refractivity contribution in [2.45, 2.75) is 52.0 Å². The van der Waals surface area contributed by atoms with Crippen LogP contribution >= 0.6 is 0 Å². The highest BCUT2D eigenvalue weighted by Gasteiger charge is 2.06. The molecule has 0 aromatic heterocycles. The van der Waals surface area contributed by atoms with Gasteiger partial charge in [-0.15, -0.1) is 0 Å². The van der Waals surface area contributed by atoms with Gasteiger partial charge in [0.1, 0.15) is 0 Å². The highest BCUT2D eigenvalue weighted by atomic mass is 16.5. The van der Waals surface area contributed by atoms with Crippen molar-refractivity contribution >= 4 is 5.97 Å². The molecule has 3 heteroatoms. The molecule has 0 heterocycles. The second kappa shape index (κ2) is 9.56. The van der Waals surface area contributed by atoms with Gasteiger partial charge >= 0.3 is 5.97 Å². The molecular weight excluding hydrogens is 238 g/mol. The van der Waals surface area contributed by atoms with Crippen molar-refractivity contribution < 1.29 is 9.53 Å². The molecule has 0 aliphatic heterocycles.